The number of likely N-dealkylation sites (tertiary alicyclic amines) is 1. The number of hydrogen-bond donors (Lipinski definition) is 2. The summed E-state index contributed by atoms with van der Waals surface area (Å²) >= 11 is 1.30. The fraction of sp³-hybridized carbons (Fsp3) is 0.444. The van der Waals surface area contributed by atoms with Crippen LogP contribution in [0.4, 0.5) is 15.6 Å². The summed E-state index contributed by atoms with van der Waals surface area (Å²) in [4.78, 5) is 28.4. The molecule has 0 radical (unpaired) electrons. The van der Waals surface area contributed by atoms with Crippen molar-refractivity contribution in [1.82, 2.24) is 20.4 Å². The Balaban J connectivity index is 1.42. The Morgan fingerprint density at radius 3 is 2.52 bits per heavy atom. The van der Waals surface area contributed by atoms with E-state index in [9.17, 15) is 9.59 Å². The molecule has 144 valence electrons. The minimum Gasteiger partial charge on any atom is -0.378 e. The van der Waals surface area contributed by atoms with Crippen LogP contribution in [0.3, 0.4) is 0 Å². The molecule has 27 heavy (non-hydrogen) atoms. The Morgan fingerprint density at radius 2 is 1.93 bits per heavy atom. The molecular formula is C18H24N6O2S. The van der Waals surface area contributed by atoms with Crippen LogP contribution >= 0.6 is 11.3 Å². The smallest absolute Gasteiger partial charge is 0.317 e. The number of anilines is 2. The van der Waals surface area contributed by atoms with Crippen molar-refractivity contribution in [3.05, 3.63) is 35.3 Å². The molecule has 1 aliphatic rings. The molecule has 0 unspecified atom stereocenters. The largest absolute Gasteiger partial charge is 0.378 e. The average molecular weight is 388 g/mol. The molecule has 9 heteroatoms. The van der Waals surface area contributed by atoms with Crippen molar-refractivity contribution in [2.24, 2.45) is 5.92 Å². The fourth-order valence-corrected chi connectivity index (χ4v) is 3.43. The lowest BCUT2D eigenvalue weighted by Crippen LogP contribution is -2.45. The zero-order valence-corrected chi connectivity index (χ0v) is 16.3. The molecule has 0 saturated carbocycles. The van der Waals surface area contributed by atoms with E-state index in [-0.39, 0.29) is 17.9 Å². The van der Waals surface area contributed by atoms with Gasteiger partial charge in [0, 0.05) is 45.3 Å². The second-order valence-corrected chi connectivity index (χ2v) is 7.55. The van der Waals surface area contributed by atoms with E-state index in [4.69, 9.17) is 0 Å². The summed E-state index contributed by atoms with van der Waals surface area (Å²) in [6, 6.07) is 8.00. The van der Waals surface area contributed by atoms with Gasteiger partial charge in [-0.25, -0.2) is 4.79 Å². The van der Waals surface area contributed by atoms with Crippen molar-refractivity contribution >= 4 is 34.1 Å². The molecule has 1 saturated heterocycles. The van der Waals surface area contributed by atoms with Crippen LogP contribution in [-0.2, 0) is 11.3 Å². The number of benzene rings is 1. The predicted molar refractivity (Wildman–Crippen MR) is 106 cm³/mol. The lowest BCUT2D eigenvalue weighted by molar-refractivity contribution is -0.121. The molecule has 2 aromatic rings. The van der Waals surface area contributed by atoms with E-state index >= 15 is 0 Å². The maximum atomic E-state index is 12.4. The molecular weight excluding hydrogens is 364 g/mol. The molecule has 1 aliphatic heterocycles. The van der Waals surface area contributed by atoms with Gasteiger partial charge in [0.15, 0.2) is 0 Å². The average Bonchev–Trinajstić information content (AvgIpc) is 3.19. The van der Waals surface area contributed by atoms with Crippen LogP contribution in [0.15, 0.2) is 29.8 Å². The zero-order chi connectivity index (χ0) is 19.2. The molecule has 8 nitrogen and oxygen atoms in total. The number of nitrogens with zero attached hydrogens (tertiary/aromatic N) is 4. The summed E-state index contributed by atoms with van der Waals surface area (Å²) in [6.07, 6.45) is 1.30. The molecule has 2 N–H and O–H groups in total. The Bertz CT molecular complexity index is 755. The van der Waals surface area contributed by atoms with Crippen LogP contribution < -0.4 is 15.5 Å². The third kappa shape index (κ3) is 5.16. The van der Waals surface area contributed by atoms with Gasteiger partial charge in [-0.1, -0.05) is 23.5 Å². The van der Waals surface area contributed by atoms with Gasteiger partial charge in [-0.2, -0.15) is 0 Å². The van der Waals surface area contributed by atoms with Gasteiger partial charge in [0.05, 0.1) is 0 Å². The van der Waals surface area contributed by atoms with Crippen LogP contribution in [0.25, 0.3) is 0 Å². The summed E-state index contributed by atoms with van der Waals surface area (Å²) in [5.41, 5.74) is 3.76. The molecule has 1 aromatic heterocycles. The lowest BCUT2D eigenvalue weighted by atomic mass is 9.96. The molecule has 0 atom stereocenters. The first-order valence-corrected chi connectivity index (χ1v) is 9.77. The Kier molecular flexibility index (Phi) is 6.23. The maximum absolute atomic E-state index is 12.4. The first kappa shape index (κ1) is 19.1. The van der Waals surface area contributed by atoms with Gasteiger partial charge in [0.25, 0.3) is 0 Å². The minimum atomic E-state index is -0.100. The topological polar surface area (TPSA) is 90.5 Å². The molecule has 3 rings (SSSR count). The number of hydrogen-bond acceptors (Lipinski definition) is 6. The van der Waals surface area contributed by atoms with Gasteiger partial charge in [-0.15, -0.1) is 10.2 Å². The van der Waals surface area contributed by atoms with Gasteiger partial charge >= 0.3 is 6.03 Å². The second kappa shape index (κ2) is 8.81. The predicted octanol–water partition coefficient (Wildman–Crippen LogP) is 2.16. The van der Waals surface area contributed by atoms with E-state index < -0.39 is 0 Å². The van der Waals surface area contributed by atoms with Crippen LogP contribution in [0, 0.1) is 5.92 Å². The molecule has 1 fully saturated rings. The highest BCUT2D eigenvalue weighted by atomic mass is 32.1. The van der Waals surface area contributed by atoms with Crippen LogP contribution in [0.1, 0.15) is 18.4 Å². The summed E-state index contributed by atoms with van der Waals surface area (Å²) in [5.74, 6) is -0.149. The van der Waals surface area contributed by atoms with E-state index in [1.54, 1.807) is 10.4 Å². The molecule has 2 heterocycles. The third-order valence-corrected chi connectivity index (χ3v) is 5.25. The number of carbonyl (C=O) groups excluding carboxylic acids is 2. The summed E-state index contributed by atoms with van der Waals surface area (Å²) in [6.45, 7) is 1.63. The summed E-state index contributed by atoms with van der Waals surface area (Å²) < 4.78 is 0. The Hall–Kier alpha value is -2.68. The molecule has 1 aromatic carbocycles. The second-order valence-electron chi connectivity index (χ2n) is 6.71. The summed E-state index contributed by atoms with van der Waals surface area (Å²) in [7, 11) is 3.99. The number of carbonyl (C=O) groups is 2. The van der Waals surface area contributed by atoms with E-state index in [1.165, 1.54) is 11.3 Å². The highest BCUT2D eigenvalue weighted by Crippen LogP contribution is 2.20. The molecule has 0 aliphatic carbocycles. The SMILES string of the molecule is CN(C)c1ccc(CNC(=O)N2CCC(C(=O)Nc3nncs3)CC2)cc1. The van der Waals surface area contributed by atoms with E-state index in [1.807, 2.05) is 43.3 Å². The van der Waals surface area contributed by atoms with Crippen molar-refractivity contribution in [3.8, 4) is 0 Å². The highest BCUT2D eigenvalue weighted by molar-refractivity contribution is 7.13. The minimum absolute atomic E-state index is 0.0483. The fourth-order valence-electron chi connectivity index (χ4n) is 2.98. The van der Waals surface area contributed by atoms with Crippen molar-refractivity contribution in [2.45, 2.75) is 19.4 Å². The van der Waals surface area contributed by atoms with Gasteiger partial charge < -0.3 is 20.4 Å². The number of rotatable bonds is 5. The van der Waals surface area contributed by atoms with Crippen molar-refractivity contribution < 1.29 is 9.59 Å². The van der Waals surface area contributed by atoms with E-state index in [2.05, 4.69) is 20.8 Å². The van der Waals surface area contributed by atoms with Gasteiger partial charge in [-0.3, -0.25) is 4.79 Å². The molecule has 0 spiro atoms. The number of urea groups is 1. The van der Waals surface area contributed by atoms with Crippen LogP contribution in [0.5, 0.6) is 0 Å². The molecule has 0 bridgehead atoms. The van der Waals surface area contributed by atoms with Crippen molar-refractivity contribution in [2.75, 3.05) is 37.4 Å². The number of nitrogens with one attached hydrogen (secondary N) is 2. The highest BCUT2D eigenvalue weighted by Gasteiger charge is 2.27. The number of piperidine rings is 1. The third-order valence-electron chi connectivity index (χ3n) is 4.64. The maximum Gasteiger partial charge on any atom is 0.317 e. The lowest BCUT2D eigenvalue weighted by Gasteiger charge is -2.31. The van der Waals surface area contributed by atoms with Gasteiger partial charge in [0.2, 0.25) is 11.0 Å². The van der Waals surface area contributed by atoms with Crippen LogP contribution in [0.2, 0.25) is 0 Å². The first-order valence-electron chi connectivity index (χ1n) is 8.89. The summed E-state index contributed by atoms with van der Waals surface area (Å²) in [5, 5.41) is 13.8. The number of aromatic nitrogens is 2. The van der Waals surface area contributed by atoms with E-state index in [0.717, 1.165) is 11.3 Å². The Morgan fingerprint density at radius 1 is 1.22 bits per heavy atom. The van der Waals surface area contributed by atoms with Crippen molar-refractivity contribution in [3.63, 3.8) is 0 Å². The first-order chi connectivity index (χ1) is 13.0. The van der Waals surface area contributed by atoms with E-state index in [0.29, 0.717) is 37.6 Å². The monoisotopic (exact) mass is 388 g/mol. The normalized spacial score (nSPS) is 14.7. The standard InChI is InChI=1S/C18H24N6O2S/c1-23(2)15-5-3-13(4-6-15)11-19-18(26)24-9-7-14(8-10-24)16(25)21-17-22-20-12-27-17/h3-6,12,14H,7-11H2,1-2H3,(H,19,26)(H,21,22,25). The van der Waals surface area contributed by atoms with Gasteiger partial charge in [0.1, 0.15) is 5.51 Å². The van der Waals surface area contributed by atoms with Gasteiger partial charge in [-0.05, 0) is 30.5 Å². The van der Waals surface area contributed by atoms with Crippen LogP contribution in [-0.4, -0.2) is 54.2 Å². The Labute approximate surface area is 162 Å². The quantitative estimate of drug-likeness (QED) is 0.819. The zero-order valence-electron chi connectivity index (χ0n) is 15.5. The number of amides is 3. The van der Waals surface area contributed by atoms with Crippen molar-refractivity contribution in [1.29, 1.82) is 0 Å². The molecule has 3 amide bonds.